The molecule has 5 heteroatoms. The second-order valence-electron chi connectivity index (χ2n) is 5.86. The molecule has 134 valence electrons. The zero-order valence-corrected chi connectivity index (χ0v) is 15.0. The highest BCUT2D eigenvalue weighted by Crippen LogP contribution is 2.20. The molecular formula is C22H20N4O. The molecule has 2 N–H and O–H groups in total. The summed E-state index contributed by atoms with van der Waals surface area (Å²) in [7, 11) is 0. The van der Waals surface area contributed by atoms with Gasteiger partial charge in [0.25, 0.3) is 5.91 Å². The van der Waals surface area contributed by atoms with Gasteiger partial charge < -0.3 is 10.6 Å². The van der Waals surface area contributed by atoms with E-state index in [-0.39, 0.29) is 5.91 Å². The molecular weight excluding hydrogens is 336 g/mol. The second kappa shape index (κ2) is 8.58. The van der Waals surface area contributed by atoms with Gasteiger partial charge in [-0.05, 0) is 43.3 Å². The summed E-state index contributed by atoms with van der Waals surface area (Å²) < 4.78 is 0. The minimum atomic E-state index is -0.159. The fraction of sp³-hybridized carbons (Fsp3) is 0.0455. The van der Waals surface area contributed by atoms with Crippen LogP contribution in [0.25, 0.3) is 10.9 Å². The van der Waals surface area contributed by atoms with Crippen molar-refractivity contribution in [2.75, 3.05) is 10.6 Å². The third-order valence-electron chi connectivity index (χ3n) is 3.93. The molecule has 0 saturated carbocycles. The highest BCUT2D eigenvalue weighted by molar-refractivity contribution is 6.03. The van der Waals surface area contributed by atoms with Gasteiger partial charge in [0.05, 0.1) is 5.52 Å². The average Bonchev–Trinajstić information content (AvgIpc) is 2.71. The normalized spacial score (nSPS) is 11.9. The monoisotopic (exact) mass is 356 g/mol. The fourth-order valence-electron chi connectivity index (χ4n) is 2.44. The van der Waals surface area contributed by atoms with E-state index in [1.54, 1.807) is 25.2 Å². The molecule has 0 aliphatic rings. The van der Waals surface area contributed by atoms with Crippen LogP contribution in [0.1, 0.15) is 6.92 Å². The van der Waals surface area contributed by atoms with E-state index in [1.807, 2.05) is 54.6 Å². The van der Waals surface area contributed by atoms with Crippen LogP contribution in [0.2, 0.25) is 0 Å². The van der Waals surface area contributed by atoms with Crippen LogP contribution in [0.5, 0.6) is 0 Å². The highest BCUT2D eigenvalue weighted by Gasteiger charge is 2.05. The number of hydrogen-bond donors (Lipinski definition) is 2. The van der Waals surface area contributed by atoms with Crippen molar-refractivity contribution < 1.29 is 4.79 Å². The molecule has 0 spiro atoms. The molecule has 0 unspecified atom stereocenters. The Bertz CT molecular complexity index is 1020. The smallest absolute Gasteiger partial charge is 0.251 e. The summed E-state index contributed by atoms with van der Waals surface area (Å²) in [6.45, 7) is 5.58. The van der Waals surface area contributed by atoms with Crippen molar-refractivity contribution in [1.82, 2.24) is 9.97 Å². The van der Waals surface area contributed by atoms with Crippen molar-refractivity contribution in [3.05, 3.63) is 97.0 Å². The Hall–Kier alpha value is -3.73. The number of nitrogens with zero attached hydrogens (tertiary/aromatic N) is 2. The Morgan fingerprint density at radius 1 is 0.963 bits per heavy atom. The molecule has 1 aromatic heterocycles. The quantitative estimate of drug-likeness (QED) is 0.496. The van der Waals surface area contributed by atoms with Crippen molar-refractivity contribution in [1.29, 1.82) is 0 Å². The van der Waals surface area contributed by atoms with E-state index in [0.29, 0.717) is 11.4 Å². The van der Waals surface area contributed by atoms with Crippen molar-refractivity contribution in [3.8, 4) is 0 Å². The van der Waals surface area contributed by atoms with Crippen LogP contribution in [0.3, 0.4) is 0 Å². The average molecular weight is 356 g/mol. The molecule has 1 amide bonds. The Morgan fingerprint density at radius 3 is 2.48 bits per heavy atom. The van der Waals surface area contributed by atoms with E-state index in [2.05, 4.69) is 27.2 Å². The van der Waals surface area contributed by atoms with E-state index in [9.17, 15) is 4.79 Å². The maximum absolute atomic E-state index is 12.3. The van der Waals surface area contributed by atoms with Gasteiger partial charge in [-0.25, -0.2) is 9.97 Å². The molecule has 0 radical (unpaired) electrons. The Balaban J connectivity index is 1.76. The Labute approximate surface area is 158 Å². The number of anilines is 2. The molecule has 0 fully saturated rings. The van der Waals surface area contributed by atoms with Crippen molar-refractivity contribution in [2.45, 2.75) is 6.92 Å². The predicted molar refractivity (Wildman–Crippen MR) is 110 cm³/mol. The lowest BCUT2D eigenvalue weighted by molar-refractivity contribution is -0.112. The number of rotatable bonds is 6. The number of para-hydroxylation sites is 2. The molecule has 3 rings (SSSR count). The van der Waals surface area contributed by atoms with Crippen molar-refractivity contribution in [3.63, 3.8) is 0 Å². The van der Waals surface area contributed by atoms with Crippen molar-refractivity contribution >= 4 is 28.3 Å². The number of hydrogen-bond acceptors (Lipinski definition) is 4. The zero-order chi connectivity index (χ0) is 19.1. The lowest BCUT2D eigenvalue weighted by atomic mass is 10.2. The van der Waals surface area contributed by atoms with Crippen LogP contribution in [0, 0.1) is 0 Å². The zero-order valence-electron chi connectivity index (χ0n) is 15.0. The van der Waals surface area contributed by atoms with Gasteiger partial charge in [0.2, 0.25) is 0 Å². The summed E-state index contributed by atoms with van der Waals surface area (Å²) in [5, 5.41) is 7.00. The number of carbonyl (C=O) groups is 1. The van der Waals surface area contributed by atoms with Crippen molar-refractivity contribution in [2.24, 2.45) is 0 Å². The number of aromatic nitrogens is 2. The number of carbonyl (C=O) groups excluding carboxylic acids is 1. The van der Waals surface area contributed by atoms with Gasteiger partial charge >= 0.3 is 0 Å². The first-order valence-electron chi connectivity index (χ1n) is 8.51. The molecule has 5 nitrogen and oxygen atoms in total. The molecule has 0 bridgehead atoms. The molecule has 0 saturated heterocycles. The first kappa shape index (κ1) is 18.1. The van der Waals surface area contributed by atoms with Gasteiger partial charge in [-0.3, -0.25) is 4.79 Å². The first-order valence-corrected chi connectivity index (χ1v) is 8.51. The fourth-order valence-corrected chi connectivity index (χ4v) is 2.44. The number of fused-ring (bicyclic) bond motifs is 1. The molecule has 27 heavy (non-hydrogen) atoms. The van der Waals surface area contributed by atoms with Gasteiger partial charge in [0.1, 0.15) is 12.1 Å². The number of amides is 1. The minimum Gasteiger partial charge on any atom is -0.340 e. The third kappa shape index (κ3) is 4.67. The van der Waals surface area contributed by atoms with Gasteiger partial charge in [-0.2, -0.15) is 0 Å². The summed E-state index contributed by atoms with van der Waals surface area (Å²) >= 11 is 0. The second-order valence-corrected chi connectivity index (χ2v) is 5.86. The summed E-state index contributed by atoms with van der Waals surface area (Å²) in [5.74, 6) is 0.528. The maximum Gasteiger partial charge on any atom is 0.251 e. The van der Waals surface area contributed by atoms with E-state index in [1.165, 1.54) is 6.33 Å². The van der Waals surface area contributed by atoms with E-state index in [4.69, 9.17) is 0 Å². The van der Waals surface area contributed by atoms with Gasteiger partial charge in [-0.15, -0.1) is 0 Å². The highest BCUT2D eigenvalue weighted by atomic mass is 16.1. The summed E-state index contributed by atoms with van der Waals surface area (Å²) in [6, 6.07) is 17.1. The van der Waals surface area contributed by atoms with Crippen LogP contribution in [-0.2, 0) is 4.79 Å². The van der Waals surface area contributed by atoms with Gasteiger partial charge in [0.15, 0.2) is 0 Å². The standard InChI is InChI=1S/C22H20N4O/c1-3-17(25-21-19-11-7-8-12-20(19)23-15-24-21)14-13-16(2)22(27)26-18-9-5-4-6-10-18/h3-15H,1H2,2H3,(H,26,27)(H,23,24,25)/b16-13+,17-14+. The van der Waals surface area contributed by atoms with Crippen LogP contribution in [0.15, 0.2) is 97.0 Å². The summed E-state index contributed by atoms with van der Waals surface area (Å²) in [4.78, 5) is 20.8. The lowest BCUT2D eigenvalue weighted by Crippen LogP contribution is -2.12. The number of allylic oxidation sites excluding steroid dienone is 3. The first-order chi connectivity index (χ1) is 13.2. The van der Waals surface area contributed by atoms with Crippen LogP contribution in [-0.4, -0.2) is 15.9 Å². The van der Waals surface area contributed by atoms with Crippen LogP contribution in [0.4, 0.5) is 11.5 Å². The predicted octanol–water partition coefficient (Wildman–Crippen LogP) is 4.70. The molecule has 0 atom stereocenters. The van der Waals surface area contributed by atoms with E-state index < -0.39 is 0 Å². The largest absolute Gasteiger partial charge is 0.340 e. The lowest BCUT2D eigenvalue weighted by Gasteiger charge is -2.08. The number of benzene rings is 2. The van der Waals surface area contributed by atoms with Crippen LogP contribution >= 0.6 is 0 Å². The maximum atomic E-state index is 12.3. The summed E-state index contributed by atoms with van der Waals surface area (Å²) in [6.07, 6.45) is 6.73. The topological polar surface area (TPSA) is 66.9 Å². The number of nitrogens with one attached hydrogen (secondary N) is 2. The minimum absolute atomic E-state index is 0.159. The molecule has 1 heterocycles. The molecule has 0 aliphatic carbocycles. The molecule has 0 aliphatic heterocycles. The third-order valence-corrected chi connectivity index (χ3v) is 3.93. The van der Waals surface area contributed by atoms with E-state index in [0.717, 1.165) is 22.3 Å². The van der Waals surface area contributed by atoms with Crippen LogP contribution < -0.4 is 10.6 Å². The van der Waals surface area contributed by atoms with Gasteiger partial charge in [0, 0.05) is 22.3 Å². The van der Waals surface area contributed by atoms with E-state index >= 15 is 0 Å². The van der Waals surface area contributed by atoms with Gasteiger partial charge in [-0.1, -0.05) is 43.0 Å². The SMILES string of the molecule is C=C/C(=C\C=C(/C)C(=O)Nc1ccccc1)Nc1ncnc2ccccc12. The summed E-state index contributed by atoms with van der Waals surface area (Å²) in [5.41, 5.74) is 2.92. The Morgan fingerprint density at radius 2 is 1.70 bits per heavy atom. The Kier molecular flexibility index (Phi) is 5.74. The molecule has 2 aromatic carbocycles. The molecule has 3 aromatic rings.